The predicted octanol–water partition coefficient (Wildman–Crippen LogP) is 5.10. The third kappa shape index (κ3) is 3.51. The van der Waals surface area contributed by atoms with Crippen molar-refractivity contribution in [3.63, 3.8) is 0 Å². The number of hydrogen-bond donors (Lipinski definition) is 1. The summed E-state index contributed by atoms with van der Waals surface area (Å²) >= 11 is 1.72. The number of ether oxygens (including phenoxy) is 1. The summed E-state index contributed by atoms with van der Waals surface area (Å²) < 4.78 is 18.9. The molecule has 1 aromatic heterocycles. The minimum absolute atomic E-state index is 0.194. The van der Waals surface area contributed by atoms with Gasteiger partial charge in [-0.25, -0.2) is 4.39 Å². The lowest BCUT2D eigenvalue weighted by molar-refractivity contribution is 0.339. The van der Waals surface area contributed by atoms with E-state index in [2.05, 4.69) is 30.6 Å². The molecule has 0 bridgehead atoms. The van der Waals surface area contributed by atoms with Crippen LogP contribution in [0, 0.1) is 11.7 Å². The summed E-state index contributed by atoms with van der Waals surface area (Å²) in [6, 6.07) is 8.98. The molecule has 1 unspecified atom stereocenters. The molecule has 1 heterocycles. The Labute approximate surface area is 123 Å². The summed E-state index contributed by atoms with van der Waals surface area (Å²) in [6.07, 6.45) is 0. The molecule has 1 atom stereocenters. The predicted molar refractivity (Wildman–Crippen MR) is 83.1 cm³/mol. The van der Waals surface area contributed by atoms with Gasteiger partial charge in [0.25, 0.3) is 0 Å². The number of rotatable bonds is 6. The van der Waals surface area contributed by atoms with Crippen molar-refractivity contribution < 1.29 is 9.13 Å². The number of halogens is 1. The number of benzene rings is 1. The molecule has 0 amide bonds. The molecule has 0 radical (unpaired) electrons. The lowest BCUT2D eigenvalue weighted by Gasteiger charge is -2.24. The van der Waals surface area contributed by atoms with Gasteiger partial charge in [-0.2, -0.15) is 0 Å². The van der Waals surface area contributed by atoms with Crippen molar-refractivity contribution >= 4 is 17.0 Å². The first-order chi connectivity index (χ1) is 9.61. The van der Waals surface area contributed by atoms with Crippen molar-refractivity contribution in [2.24, 2.45) is 5.92 Å². The van der Waals surface area contributed by atoms with Gasteiger partial charge in [0.15, 0.2) is 0 Å². The van der Waals surface area contributed by atoms with Crippen LogP contribution < -0.4 is 10.1 Å². The van der Waals surface area contributed by atoms with Crippen molar-refractivity contribution in [1.82, 2.24) is 0 Å². The van der Waals surface area contributed by atoms with Crippen molar-refractivity contribution in [2.75, 3.05) is 11.9 Å². The maximum Gasteiger partial charge on any atom is 0.145 e. The van der Waals surface area contributed by atoms with Gasteiger partial charge in [-0.3, -0.25) is 0 Å². The third-order valence-corrected chi connectivity index (χ3v) is 4.03. The molecule has 0 aliphatic carbocycles. The molecule has 20 heavy (non-hydrogen) atoms. The summed E-state index contributed by atoms with van der Waals surface area (Å²) in [5.41, 5.74) is 0.834. The number of anilines is 1. The van der Waals surface area contributed by atoms with Gasteiger partial charge in [0.2, 0.25) is 0 Å². The van der Waals surface area contributed by atoms with Crippen LogP contribution in [0.4, 0.5) is 10.1 Å². The fourth-order valence-corrected chi connectivity index (χ4v) is 3.04. The summed E-state index contributed by atoms with van der Waals surface area (Å²) in [4.78, 5) is 1.27. The zero-order chi connectivity index (χ0) is 14.5. The average Bonchev–Trinajstić information content (AvgIpc) is 2.91. The van der Waals surface area contributed by atoms with E-state index in [1.54, 1.807) is 17.4 Å². The fourth-order valence-electron chi connectivity index (χ4n) is 2.09. The first-order valence-corrected chi connectivity index (χ1v) is 7.72. The van der Waals surface area contributed by atoms with Crippen LogP contribution >= 0.6 is 11.3 Å². The van der Waals surface area contributed by atoms with Crippen molar-refractivity contribution in [3.8, 4) is 5.75 Å². The van der Waals surface area contributed by atoms with Crippen LogP contribution in [0.1, 0.15) is 31.7 Å². The third-order valence-electron chi connectivity index (χ3n) is 3.07. The Bertz CT molecular complexity index is 539. The zero-order valence-electron chi connectivity index (χ0n) is 12.0. The number of nitrogens with one attached hydrogen (secondary N) is 1. The Morgan fingerprint density at radius 3 is 2.70 bits per heavy atom. The van der Waals surface area contributed by atoms with Gasteiger partial charge >= 0.3 is 0 Å². The molecule has 108 valence electrons. The van der Waals surface area contributed by atoms with Crippen molar-refractivity contribution in [1.29, 1.82) is 0 Å². The highest BCUT2D eigenvalue weighted by atomic mass is 32.1. The second-order valence-electron chi connectivity index (χ2n) is 4.95. The van der Waals surface area contributed by atoms with E-state index in [-0.39, 0.29) is 11.9 Å². The first kappa shape index (κ1) is 14.9. The van der Waals surface area contributed by atoms with Crippen LogP contribution in [-0.4, -0.2) is 6.61 Å². The molecule has 0 spiro atoms. The summed E-state index contributed by atoms with van der Waals surface area (Å²) in [5.74, 6) is 0.708. The molecule has 0 aliphatic heterocycles. The number of thiophene rings is 1. The van der Waals surface area contributed by atoms with Gasteiger partial charge in [0, 0.05) is 10.9 Å². The van der Waals surface area contributed by atoms with Crippen LogP contribution in [-0.2, 0) is 0 Å². The molecule has 2 nitrogen and oxygen atoms in total. The summed E-state index contributed by atoms with van der Waals surface area (Å²) in [7, 11) is 0. The van der Waals surface area contributed by atoms with Crippen LogP contribution in [0.25, 0.3) is 0 Å². The Morgan fingerprint density at radius 2 is 2.10 bits per heavy atom. The second kappa shape index (κ2) is 6.75. The lowest BCUT2D eigenvalue weighted by atomic mass is 10.0. The minimum Gasteiger partial charge on any atom is -0.492 e. The van der Waals surface area contributed by atoms with Gasteiger partial charge in [-0.1, -0.05) is 19.9 Å². The van der Waals surface area contributed by atoms with Crippen LogP contribution in [0.5, 0.6) is 5.75 Å². The molecular formula is C16H20FNOS. The second-order valence-corrected chi connectivity index (χ2v) is 5.93. The highest BCUT2D eigenvalue weighted by Crippen LogP contribution is 2.34. The van der Waals surface area contributed by atoms with Crippen LogP contribution in [0.15, 0.2) is 35.7 Å². The Morgan fingerprint density at radius 1 is 1.30 bits per heavy atom. The molecule has 0 saturated carbocycles. The van der Waals surface area contributed by atoms with Gasteiger partial charge in [-0.05, 0) is 36.4 Å². The smallest absolute Gasteiger partial charge is 0.145 e. The largest absolute Gasteiger partial charge is 0.492 e. The Hall–Kier alpha value is -1.55. The number of hydrogen-bond acceptors (Lipinski definition) is 3. The minimum atomic E-state index is -0.281. The normalized spacial score (nSPS) is 12.4. The van der Waals surface area contributed by atoms with E-state index in [4.69, 9.17) is 4.74 Å². The van der Waals surface area contributed by atoms with Gasteiger partial charge < -0.3 is 10.1 Å². The maximum absolute atomic E-state index is 13.3. The monoisotopic (exact) mass is 293 g/mol. The first-order valence-electron chi connectivity index (χ1n) is 6.84. The maximum atomic E-state index is 13.3. The van der Waals surface area contributed by atoms with Gasteiger partial charge in [0.05, 0.1) is 18.3 Å². The highest BCUT2D eigenvalue weighted by Gasteiger charge is 2.18. The van der Waals surface area contributed by atoms with E-state index >= 15 is 0 Å². The van der Waals surface area contributed by atoms with Crippen molar-refractivity contribution in [2.45, 2.75) is 26.8 Å². The van der Waals surface area contributed by atoms with E-state index in [1.807, 2.05) is 13.0 Å². The van der Waals surface area contributed by atoms with Crippen molar-refractivity contribution in [3.05, 3.63) is 46.4 Å². The highest BCUT2D eigenvalue weighted by molar-refractivity contribution is 7.10. The fraction of sp³-hybridized carbons (Fsp3) is 0.375. The van der Waals surface area contributed by atoms with Crippen LogP contribution in [0.2, 0.25) is 0 Å². The molecule has 2 rings (SSSR count). The molecule has 1 N–H and O–H groups in total. The average molecular weight is 293 g/mol. The molecule has 0 aliphatic rings. The molecular weight excluding hydrogens is 273 g/mol. The van der Waals surface area contributed by atoms with E-state index in [9.17, 15) is 4.39 Å². The van der Waals surface area contributed by atoms with E-state index in [1.165, 1.54) is 17.0 Å². The molecule has 1 aromatic carbocycles. The van der Waals surface area contributed by atoms with E-state index in [0.29, 0.717) is 18.3 Å². The van der Waals surface area contributed by atoms with Gasteiger partial charge in [0.1, 0.15) is 11.6 Å². The molecule has 0 saturated heterocycles. The lowest BCUT2D eigenvalue weighted by Crippen LogP contribution is -2.16. The Balaban J connectivity index is 2.27. The summed E-state index contributed by atoms with van der Waals surface area (Å²) in [5, 5.41) is 5.55. The summed E-state index contributed by atoms with van der Waals surface area (Å²) in [6.45, 7) is 6.75. The zero-order valence-corrected chi connectivity index (χ0v) is 12.8. The van der Waals surface area contributed by atoms with Gasteiger partial charge in [-0.15, -0.1) is 11.3 Å². The molecule has 0 fully saturated rings. The van der Waals surface area contributed by atoms with Crippen LogP contribution in [0.3, 0.4) is 0 Å². The topological polar surface area (TPSA) is 21.3 Å². The van der Waals surface area contributed by atoms with E-state index < -0.39 is 0 Å². The quantitative estimate of drug-likeness (QED) is 0.800. The molecule has 2 aromatic rings. The van der Waals surface area contributed by atoms with E-state index in [0.717, 1.165) is 5.69 Å². The SMILES string of the molecule is CCOc1cc(F)ccc1NC(c1cccs1)C(C)C. The Kier molecular flexibility index (Phi) is 5.01. The molecule has 4 heteroatoms. The standard InChI is InChI=1S/C16H20FNOS/c1-4-19-14-10-12(17)7-8-13(14)18-16(11(2)3)15-6-5-9-20-15/h5-11,16,18H,4H2,1-3H3.